The molecule has 0 aliphatic heterocycles. The van der Waals surface area contributed by atoms with E-state index in [0.29, 0.717) is 12.3 Å². The monoisotopic (exact) mass is 229 g/mol. The van der Waals surface area contributed by atoms with E-state index in [1.165, 1.54) is 29.6 Å². The summed E-state index contributed by atoms with van der Waals surface area (Å²) in [5.41, 5.74) is 4.12. The van der Waals surface area contributed by atoms with Crippen molar-refractivity contribution in [2.45, 2.75) is 52.9 Å². The van der Waals surface area contributed by atoms with Crippen LogP contribution in [0.25, 0.3) is 0 Å². The molecule has 1 heteroatoms. The highest BCUT2D eigenvalue weighted by molar-refractivity contribution is 5.38. The summed E-state index contributed by atoms with van der Waals surface area (Å²) in [5.74, 6) is 0.426. The molecule has 1 aliphatic rings. The molecule has 0 aromatic rings. The molecule has 0 spiro atoms. The molecule has 92 valence electrons. The van der Waals surface area contributed by atoms with Gasteiger partial charge in [-0.1, -0.05) is 43.6 Å². The van der Waals surface area contributed by atoms with Crippen LogP contribution in [0.3, 0.4) is 0 Å². The molecule has 0 amide bonds. The van der Waals surface area contributed by atoms with Gasteiger partial charge in [0.15, 0.2) is 0 Å². The highest BCUT2D eigenvalue weighted by Crippen LogP contribution is 2.30. The number of allylic oxidation sites excluding steroid dienone is 6. The first kappa shape index (κ1) is 13.8. The van der Waals surface area contributed by atoms with E-state index in [1.807, 2.05) is 0 Å². The Kier molecular flexibility index (Phi) is 5.77. The third kappa shape index (κ3) is 4.23. The van der Waals surface area contributed by atoms with Crippen LogP contribution in [0, 0.1) is 17.2 Å². The van der Waals surface area contributed by atoms with E-state index in [1.54, 1.807) is 0 Å². The largest absolute Gasteiger partial charge is 0.198 e. The standard InChI is InChI=1S/C16H23N/c1-4-5-6-15(11-12-17)16-10-8-13(2)7-9-14(16)3/h7,9-10,15H,4-6,8,11H2,1-3H3. The second-order valence-corrected chi connectivity index (χ2v) is 4.93. The maximum atomic E-state index is 8.97. The Labute approximate surface area is 106 Å². The molecular formula is C16H23N. The Bertz CT molecular complexity index is 377. The number of unbranched alkanes of at least 4 members (excludes halogenated alkanes) is 1. The van der Waals surface area contributed by atoms with Gasteiger partial charge in [0.25, 0.3) is 0 Å². The lowest BCUT2D eigenvalue weighted by atomic mass is 9.86. The van der Waals surface area contributed by atoms with E-state index in [2.05, 4.69) is 45.1 Å². The van der Waals surface area contributed by atoms with Gasteiger partial charge in [-0.05, 0) is 43.8 Å². The van der Waals surface area contributed by atoms with Crippen molar-refractivity contribution in [3.63, 3.8) is 0 Å². The fourth-order valence-corrected chi connectivity index (χ4v) is 2.28. The van der Waals surface area contributed by atoms with Crippen LogP contribution in [-0.4, -0.2) is 0 Å². The molecule has 0 radical (unpaired) electrons. The molecule has 0 saturated heterocycles. The van der Waals surface area contributed by atoms with Crippen molar-refractivity contribution < 1.29 is 0 Å². The van der Waals surface area contributed by atoms with Crippen molar-refractivity contribution in [2.24, 2.45) is 5.92 Å². The van der Waals surface area contributed by atoms with Gasteiger partial charge in [-0.3, -0.25) is 0 Å². The lowest BCUT2D eigenvalue weighted by molar-refractivity contribution is 0.542. The maximum Gasteiger partial charge on any atom is 0.0628 e. The zero-order chi connectivity index (χ0) is 12.7. The summed E-state index contributed by atoms with van der Waals surface area (Å²) in [6.07, 6.45) is 11.9. The van der Waals surface area contributed by atoms with E-state index < -0.39 is 0 Å². The molecule has 0 aromatic heterocycles. The van der Waals surface area contributed by atoms with Crippen LogP contribution in [0.15, 0.2) is 34.9 Å². The fourth-order valence-electron chi connectivity index (χ4n) is 2.28. The SMILES string of the molecule is CCCCC(CC#N)C1=CCC(C)=CC=C1C. The van der Waals surface area contributed by atoms with Crippen LogP contribution >= 0.6 is 0 Å². The minimum Gasteiger partial charge on any atom is -0.198 e. The minimum atomic E-state index is 0.426. The third-order valence-electron chi connectivity index (χ3n) is 3.40. The maximum absolute atomic E-state index is 8.97. The molecule has 0 fully saturated rings. The normalized spacial score (nSPS) is 17.4. The van der Waals surface area contributed by atoms with Gasteiger partial charge in [0, 0.05) is 6.42 Å². The van der Waals surface area contributed by atoms with Crippen LogP contribution < -0.4 is 0 Å². The van der Waals surface area contributed by atoms with Gasteiger partial charge in [0.05, 0.1) is 6.07 Å². The molecule has 0 saturated carbocycles. The van der Waals surface area contributed by atoms with Crippen LogP contribution in [0.4, 0.5) is 0 Å². The fraction of sp³-hybridized carbons (Fsp3) is 0.562. The lowest BCUT2D eigenvalue weighted by Gasteiger charge is -2.18. The molecule has 0 N–H and O–H groups in total. The summed E-state index contributed by atoms with van der Waals surface area (Å²) in [7, 11) is 0. The first-order valence-corrected chi connectivity index (χ1v) is 6.60. The van der Waals surface area contributed by atoms with E-state index in [-0.39, 0.29) is 0 Å². The molecule has 0 bridgehead atoms. The van der Waals surface area contributed by atoms with Crippen LogP contribution in [0.5, 0.6) is 0 Å². The zero-order valence-electron chi connectivity index (χ0n) is 11.3. The molecule has 1 nitrogen and oxygen atoms in total. The van der Waals surface area contributed by atoms with E-state index in [4.69, 9.17) is 5.26 Å². The second-order valence-electron chi connectivity index (χ2n) is 4.93. The number of hydrogen-bond donors (Lipinski definition) is 0. The number of rotatable bonds is 5. The molecule has 17 heavy (non-hydrogen) atoms. The van der Waals surface area contributed by atoms with Gasteiger partial charge >= 0.3 is 0 Å². The van der Waals surface area contributed by atoms with Gasteiger partial charge < -0.3 is 0 Å². The number of hydrogen-bond acceptors (Lipinski definition) is 1. The molecule has 1 aliphatic carbocycles. The number of nitriles is 1. The third-order valence-corrected chi connectivity index (χ3v) is 3.40. The molecule has 0 heterocycles. The second kappa shape index (κ2) is 7.12. The average molecular weight is 229 g/mol. The highest BCUT2D eigenvalue weighted by Gasteiger charge is 2.15. The Morgan fingerprint density at radius 3 is 2.76 bits per heavy atom. The molecular weight excluding hydrogens is 206 g/mol. The van der Waals surface area contributed by atoms with Crippen molar-refractivity contribution in [1.82, 2.24) is 0 Å². The summed E-state index contributed by atoms with van der Waals surface area (Å²) in [4.78, 5) is 0. The van der Waals surface area contributed by atoms with Crippen LogP contribution in [0.2, 0.25) is 0 Å². The van der Waals surface area contributed by atoms with Crippen LogP contribution in [0.1, 0.15) is 52.9 Å². The Morgan fingerprint density at radius 1 is 1.35 bits per heavy atom. The van der Waals surface area contributed by atoms with E-state index in [0.717, 1.165) is 12.8 Å². The van der Waals surface area contributed by atoms with Gasteiger partial charge in [-0.25, -0.2) is 0 Å². The predicted molar refractivity (Wildman–Crippen MR) is 73.5 cm³/mol. The summed E-state index contributed by atoms with van der Waals surface area (Å²) in [6, 6.07) is 2.34. The minimum absolute atomic E-state index is 0.426. The predicted octanol–water partition coefficient (Wildman–Crippen LogP) is 4.93. The summed E-state index contributed by atoms with van der Waals surface area (Å²) in [6.45, 7) is 6.53. The smallest absolute Gasteiger partial charge is 0.0628 e. The molecule has 0 aromatic carbocycles. The zero-order valence-corrected chi connectivity index (χ0v) is 11.3. The quantitative estimate of drug-likeness (QED) is 0.655. The summed E-state index contributed by atoms with van der Waals surface area (Å²) in [5, 5.41) is 8.97. The van der Waals surface area contributed by atoms with E-state index in [9.17, 15) is 0 Å². The Hall–Kier alpha value is -1.29. The van der Waals surface area contributed by atoms with Gasteiger partial charge in [0.1, 0.15) is 0 Å². The molecule has 1 atom stereocenters. The van der Waals surface area contributed by atoms with Crippen molar-refractivity contribution in [2.75, 3.05) is 0 Å². The van der Waals surface area contributed by atoms with E-state index >= 15 is 0 Å². The molecule has 1 unspecified atom stereocenters. The van der Waals surface area contributed by atoms with Crippen molar-refractivity contribution in [1.29, 1.82) is 5.26 Å². The first-order chi connectivity index (χ1) is 8.19. The summed E-state index contributed by atoms with van der Waals surface area (Å²) < 4.78 is 0. The van der Waals surface area contributed by atoms with Gasteiger partial charge in [0.2, 0.25) is 0 Å². The summed E-state index contributed by atoms with van der Waals surface area (Å²) >= 11 is 0. The van der Waals surface area contributed by atoms with Crippen molar-refractivity contribution in [3.8, 4) is 6.07 Å². The van der Waals surface area contributed by atoms with Crippen molar-refractivity contribution in [3.05, 3.63) is 34.9 Å². The van der Waals surface area contributed by atoms with Gasteiger partial charge in [-0.2, -0.15) is 5.26 Å². The Morgan fingerprint density at radius 2 is 2.12 bits per heavy atom. The topological polar surface area (TPSA) is 23.8 Å². The Balaban J connectivity index is 2.83. The molecule has 1 rings (SSSR count). The van der Waals surface area contributed by atoms with Crippen LogP contribution in [-0.2, 0) is 0 Å². The average Bonchev–Trinajstić information content (AvgIpc) is 2.48. The van der Waals surface area contributed by atoms with Gasteiger partial charge in [-0.15, -0.1) is 0 Å². The first-order valence-electron chi connectivity index (χ1n) is 6.60. The lowest BCUT2D eigenvalue weighted by Crippen LogP contribution is -2.05. The van der Waals surface area contributed by atoms with Crippen molar-refractivity contribution >= 4 is 0 Å². The highest BCUT2D eigenvalue weighted by atomic mass is 14.3. The number of nitrogens with zero attached hydrogens (tertiary/aromatic N) is 1.